The Labute approximate surface area is 113 Å². The second kappa shape index (κ2) is 11.8. The van der Waals surface area contributed by atoms with Gasteiger partial charge in [-0.1, -0.05) is 38.5 Å². The Bertz CT molecular complexity index is 268. The minimum atomic E-state index is -2.29. The van der Waals surface area contributed by atoms with Gasteiger partial charge in [-0.15, -0.1) is 12.3 Å². The zero-order valence-corrected chi connectivity index (χ0v) is 13.0. The van der Waals surface area contributed by atoms with Crippen molar-refractivity contribution in [2.75, 3.05) is 19.4 Å². The van der Waals surface area contributed by atoms with Crippen molar-refractivity contribution in [3.63, 3.8) is 0 Å². The van der Waals surface area contributed by atoms with Gasteiger partial charge in [0, 0.05) is 19.2 Å². The van der Waals surface area contributed by atoms with Gasteiger partial charge >= 0.3 is 0 Å². The SMILES string of the molecule is C#CCCCCCCCCCCP(C)(=O)OCC. The van der Waals surface area contributed by atoms with Gasteiger partial charge in [0.05, 0.1) is 6.61 Å². The van der Waals surface area contributed by atoms with Crippen LogP contribution in [0.2, 0.25) is 0 Å². The van der Waals surface area contributed by atoms with Crippen molar-refractivity contribution in [1.82, 2.24) is 0 Å². The van der Waals surface area contributed by atoms with Crippen LogP contribution >= 0.6 is 7.37 Å². The molecule has 0 aliphatic carbocycles. The Morgan fingerprint density at radius 3 is 2.00 bits per heavy atom. The molecule has 0 aromatic rings. The Morgan fingerprint density at radius 2 is 1.50 bits per heavy atom. The average Bonchev–Trinajstić information content (AvgIpc) is 2.31. The summed E-state index contributed by atoms with van der Waals surface area (Å²) in [7, 11) is -2.29. The number of rotatable bonds is 12. The van der Waals surface area contributed by atoms with Crippen molar-refractivity contribution in [3.8, 4) is 12.3 Å². The Morgan fingerprint density at radius 1 is 1.00 bits per heavy atom. The van der Waals surface area contributed by atoms with Crippen molar-refractivity contribution in [2.45, 2.75) is 64.7 Å². The summed E-state index contributed by atoms with van der Waals surface area (Å²) >= 11 is 0. The monoisotopic (exact) mass is 272 g/mol. The van der Waals surface area contributed by atoms with Crippen molar-refractivity contribution >= 4 is 7.37 Å². The van der Waals surface area contributed by atoms with E-state index in [2.05, 4.69) is 5.92 Å². The summed E-state index contributed by atoms with van der Waals surface area (Å²) in [4.78, 5) is 0. The van der Waals surface area contributed by atoms with Gasteiger partial charge in [-0.05, 0) is 19.8 Å². The number of unbranched alkanes of at least 4 members (excludes halogenated alkanes) is 8. The molecule has 0 saturated heterocycles. The third kappa shape index (κ3) is 12.2. The van der Waals surface area contributed by atoms with Gasteiger partial charge in [0.25, 0.3) is 0 Å². The highest BCUT2D eigenvalue weighted by Gasteiger charge is 2.13. The molecule has 0 aromatic carbocycles. The Balaban J connectivity index is 3.21. The van der Waals surface area contributed by atoms with Crippen LogP contribution in [0.3, 0.4) is 0 Å². The molecule has 0 heterocycles. The molecule has 0 aliphatic rings. The van der Waals surface area contributed by atoms with Crippen molar-refractivity contribution in [1.29, 1.82) is 0 Å². The third-order valence-corrected chi connectivity index (χ3v) is 4.97. The van der Waals surface area contributed by atoms with Gasteiger partial charge in [0.1, 0.15) is 0 Å². The molecule has 1 atom stereocenters. The van der Waals surface area contributed by atoms with Crippen LogP contribution in [0.1, 0.15) is 64.7 Å². The van der Waals surface area contributed by atoms with E-state index in [1.165, 1.54) is 44.9 Å². The first-order valence-corrected chi connectivity index (χ1v) is 9.52. The van der Waals surface area contributed by atoms with Gasteiger partial charge in [-0.2, -0.15) is 0 Å². The molecule has 0 radical (unpaired) electrons. The lowest BCUT2D eigenvalue weighted by atomic mass is 10.1. The lowest BCUT2D eigenvalue weighted by Gasteiger charge is -2.11. The highest BCUT2D eigenvalue weighted by molar-refractivity contribution is 7.58. The Hall–Kier alpha value is -0.250. The van der Waals surface area contributed by atoms with Crippen molar-refractivity contribution < 1.29 is 9.09 Å². The molecular formula is C15H29O2P. The quantitative estimate of drug-likeness (QED) is 0.281. The molecule has 0 aromatic heterocycles. The first-order valence-electron chi connectivity index (χ1n) is 7.27. The van der Waals surface area contributed by atoms with Crippen molar-refractivity contribution in [3.05, 3.63) is 0 Å². The smallest absolute Gasteiger partial charge is 0.200 e. The summed E-state index contributed by atoms with van der Waals surface area (Å²) < 4.78 is 17.1. The summed E-state index contributed by atoms with van der Waals surface area (Å²) in [6.07, 6.45) is 16.6. The van der Waals surface area contributed by atoms with Crippen LogP contribution in [-0.4, -0.2) is 19.4 Å². The van der Waals surface area contributed by atoms with E-state index in [0.717, 1.165) is 19.0 Å². The standard InChI is InChI=1S/C15H29O2P/c1-4-6-7-8-9-10-11-12-13-14-15-18(3,16)17-5-2/h1H,5-15H2,2-3H3. The van der Waals surface area contributed by atoms with Gasteiger partial charge < -0.3 is 4.52 Å². The lowest BCUT2D eigenvalue weighted by Crippen LogP contribution is -1.94. The third-order valence-electron chi connectivity index (χ3n) is 3.04. The van der Waals surface area contributed by atoms with E-state index < -0.39 is 7.37 Å². The second-order valence-electron chi connectivity index (χ2n) is 4.94. The average molecular weight is 272 g/mol. The van der Waals surface area contributed by atoms with Crippen molar-refractivity contribution in [2.24, 2.45) is 0 Å². The van der Waals surface area contributed by atoms with Crippen LogP contribution < -0.4 is 0 Å². The van der Waals surface area contributed by atoms with E-state index in [0.29, 0.717) is 6.61 Å². The first kappa shape index (κ1) is 17.8. The zero-order chi connectivity index (χ0) is 13.7. The molecule has 0 fully saturated rings. The largest absolute Gasteiger partial charge is 0.329 e. The Kier molecular flexibility index (Phi) is 11.7. The molecule has 2 nitrogen and oxygen atoms in total. The van der Waals surface area contributed by atoms with Gasteiger partial charge in [0.2, 0.25) is 0 Å². The molecule has 0 N–H and O–H groups in total. The predicted molar refractivity (Wildman–Crippen MR) is 80.4 cm³/mol. The van der Waals surface area contributed by atoms with Crippen LogP contribution in [0.25, 0.3) is 0 Å². The maximum Gasteiger partial charge on any atom is 0.200 e. The molecule has 0 saturated carbocycles. The minimum Gasteiger partial charge on any atom is -0.329 e. The molecule has 0 rings (SSSR count). The van der Waals surface area contributed by atoms with Gasteiger partial charge in [-0.25, -0.2) is 0 Å². The van der Waals surface area contributed by atoms with Gasteiger partial charge in [-0.3, -0.25) is 4.57 Å². The second-order valence-corrected chi connectivity index (χ2v) is 7.67. The summed E-state index contributed by atoms with van der Waals surface area (Å²) in [5, 5.41) is 0. The van der Waals surface area contributed by atoms with Crippen LogP contribution in [-0.2, 0) is 9.09 Å². The fourth-order valence-corrected chi connectivity index (χ4v) is 3.50. The van der Waals surface area contributed by atoms with Crippen LogP contribution in [0.15, 0.2) is 0 Å². The van der Waals surface area contributed by atoms with E-state index in [1.807, 2.05) is 6.92 Å². The summed E-state index contributed by atoms with van der Waals surface area (Å²) in [6, 6.07) is 0. The minimum absolute atomic E-state index is 0.561. The summed E-state index contributed by atoms with van der Waals surface area (Å²) in [6.45, 7) is 4.21. The summed E-state index contributed by atoms with van der Waals surface area (Å²) in [5.41, 5.74) is 0. The van der Waals surface area contributed by atoms with E-state index in [4.69, 9.17) is 10.9 Å². The molecule has 106 valence electrons. The molecule has 0 amide bonds. The van der Waals surface area contributed by atoms with E-state index in [1.54, 1.807) is 6.66 Å². The molecule has 18 heavy (non-hydrogen) atoms. The fourth-order valence-electron chi connectivity index (χ4n) is 2.02. The predicted octanol–water partition coefficient (Wildman–Crippen LogP) is 5.07. The number of terminal acetylenes is 1. The summed E-state index contributed by atoms with van der Waals surface area (Å²) in [5.74, 6) is 2.67. The van der Waals surface area contributed by atoms with E-state index in [9.17, 15) is 4.57 Å². The van der Waals surface area contributed by atoms with Crippen LogP contribution in [0.4, 0.5) is 0 Å². The topological polar surface area (TPSA) is 26.3 Å². The van der Waals surface area contributed by atoms with Crippen LogP contribution in [0.5, 0.6) is 0 Å². The zero-order valence-electron chi connectivity index (χ0n) is 12.1. The maximum absolute atomic E-state index is 11.8. The molecule has 0 aliphatic heterocycles. The van der Waals surface area contributed by atoms with E-state index >= 15 is 0 Å². The fraction of sp³-hybridized carbons (Fsp3) is 0.867. The van der Waals surface area contributed by atoms with E-state index in [-0.39, 0.29) is 0 Å². The molecule has 0 bridgehead atoms. The highest BCUT2D eigenvalue weighted by atomic mass is 31.2. The normalized spacial score (nSPS) is 14.1. The lowest BCUT2D eigenvalue weighted by molar-refractivity contribution is 0.336. The number of hydrogen-bond donors (Lipinski definition) is 0. The molecule has 3 heteroatoms. The molecule has 0 spiro atoms. The van der Waals surface area contributed by atoms with Gasteiger partial charge in [0.15, 0.2) is 7.37 Å². The molecule has 1 unspecified atom stereocenters. The van der Waals surface area contributed by atoms with Crippen LogP contribution in [0, 0.1) is 12.3 Å². The molecular weight excluding hydrogens is 243 g/mol. The number of hydrogen-bond acceptors (Lipinski definition) is 2. The highest BCUT2D eigenvalue weighted by Crippen LogP contribution is 2.43. The maximum atomic E-state index is 11.8. The first-order chi connectivity index (χ1) is 8.62.